The molecule has 3 heterocycles. The van der Waals surface area contributed by atoms with Crippen LogP contribution in [0.15, 0.2) is 47.8 Å². The minimum Gasteiger partial charge on any atom is -0.354 e. The van der Waals surface area contributed by atoms with Gasteiger partial charge in [-0.25, -0.2) is 18.4 Å². The molecule has 1 aliphatic heterocycles. The number of rotatable bonds is 4. The minimum atomic E-state index is -3.51. The van der Waals surface area contributed by atoms with Crippen LogP contribution in [0.1, 0.15) is 12.0 Å². The lowest BCUT2D eigenvalue weighted by Crippen LogP contribution is -2.39. The summed E-state index contributed by atoms with van der Waals surface area (Å²) in [7, 11) is -1.85. The lowest BCUT2D eigenvalue weighted by atomic mass is 10.2. The highest BCUT2D eigenvalue weighted by Gasteiger charge is 2.34. The van der Waals surface area contributed by atoms with Crippen molar-refractivity contribution in [1.82, 2.24) is 19.3 Å². The second kappa shape index (κ2) is 6.37. The van der Waals surface area contributed by atoms with Crippen molar-refractivity contribution < 1.29 is 8.42 Å². The first-order valence-electron chi connectivity index (χ1n) is 8.54. The topological polar surface area (TPSA) is 82.2 Å². The highest BCUT2D eigenvalue weighted by atomic mass is 32.2. The predicted molar refractivity (Wildman–Crippen MR) is 101 cm³/mol. The summed E-state index contributed by atoms with van der Waals surface area (Å²) in [6, 6.07) is 8.90. The highest BCUT2D eigenvalue weighted by Crippen LogP contribution is 2.28. The van der Waals surface area contributed by atoms with Gasteiger partial charge in [-0.1, -0.05) is 12.1 Å². The molecule has 1 fully saturated rings. The molecule has 1 saturated heterocycles. The van der Waals surface area contributed by atoms with Gasteiger partial charge < -0.3 is 9.88 Å². The zero-order valence-corrected chi connectivity index (χ0v) is 15.6. The molecular weight excluding hydrogens is 350 g/mol. The second-order valence-electron chi connectivity index (χ2n) is 6.66. The number of nitrogens with one attached hydrogen (secondary N) is 1. The second-order valence-corrected chi connectivity index (χ2v) is 8.66. The summed E-state index contributed by atoms with van der Waals surface area (Å²) >= 11 is 0. The zero-order chi connectivity index (χ0) is 18.3. The van der Waals surface area contributed by atoms with E-state index in [0.717, 1.165) is 35.4 Å². The molecule has 136 valence electrons. The van der Waals surface area contributed by atoms with Crippen LogP contribution in [-0.4, -0.2) is 53.9 Å². The van der Waals surface area contributed by atoms with E-state index < -0.39 is 10.0 Å². The summed E-state index contributed by atoms with van der Waals surface area (Å²) in [6.45, 7) is 3.27. The number of aromatic nitrogens is 3. The van der Waals surface area contributed by atoms with Crippen LogP contribution < -0.4 is 4.90 Å². The van der Waals surface area contributed by atoms with Crippen LogP contribution >= 0.6 is 0 Å². The fourth-order valence-electron chi connectivity index (χ4n) is 3.48. The van der Waals surface area contributed by atoms with Crippen molar-refractivity contribution in [3.05, 3.63) is 48.4 Å². The molecule has 8 heteroatoms. The smallest absolute Gasteiger partial charge is 0.243 e. The van der Waals surface area contributed by atoms with Gasteiger partial charge in [-0.05, 0) is 37.1 Å². The van der Waals surface area contributed by atoms with Crippen molar-refractivity contribution in [2.24, 2.45) is 0 Å². The van der Waals surface area contributed by atoms with E-state index in [1.54, 1.807) is 25.2 Å². The Kier molecular flexibility index (Phi) is 4.16. The molecule has 0 saturated carbocycles. The van der Waals surface area contributed by atoms with Gasteiger partial charge in [0.25, 0.3) is 0 Å². The number of hydrogen-bond acceptors (Lipinski definition) is 5. The van der Waals surface area contributed by atoms with Gasteiger partial charge >= 0.3 is 0 Å². The maximum Gasteiger partial charge on any atom is 0.243 e. The maximum absolute atomic E-state index is 13.0. The molecule has 1 aliphatic rings. The number of benzene rings is 1. The minimum absolute atomic E-state index is 0.0931. The number of aromatic amines is 1. The van der Waals surface area contributed by atoms with Crippen LogP contribution in [0.5, 0.6) is 0 Å². The van der Waals surface area contributed by atoms with Crippen molar-refractivity contribution >= 4 is 26.9 Å². The molecule has 1 N–H and O–H groups in total. The standard InChI is InChI=1S/C18H21N5O2S/c1-13-4-3-5-15(10-13)26(24,25)22(2)14-7-9-23(11-14)18-16-6-8-19-17(16)20-12-21-18/h3-6,8,10,12,14H,7,9,11H2,1-2H3,(H,19,20,21)/t14-/m1/s1. The average Bonchev–Trinajstić information content (AvgIpc) is 3.30. The Morgan fingerprint density at radius 3 is 2.92 bits per heavy atom. The van der Waals surface area contributed by atoms with Crippen LogP contribution in [0.3, 0.4) is 0 Å². The lowest BCUT2D eigenvalue weighted by Gasteiger charge is -2.25. The number of hydrogen-bond donors (Lipinski definition) is 1. The first-order valence-corrected chi connectivity index (χ1v) is 9.98. The Balaban J connectivity index is 1.58. The van der Waals surface area contributed by atoms with Crippen LogP contribution in [0.25, 0.3) is 11.0 Å². The zero-order valence-electron chi connectivity index (χ0n) is 14.8. The van der Waals surface area contributed by atoms with E-state index in [1.165, 1.54) is 10.6 Å². The van der Waals surface area contributed by atoms with Crippen LogP contribution in [0, 0.1) is 6.92 Å². The van der Waals surface area contributed by atoms with Gasteiger partial charge in [-0.15, -0.1) is 0 Å². The summed E-state index contributed by atoms with van der Waals surface area (Å²) in [5.41, 5.74) is 1.72. The van der Waals surface area contributed by atoms with Crippen LogP contribution in [-0.2, 0) is 10.0 Å². The summed E-state index contributed by atoms with van der Waals surface area (Å²) < 4.78 is 27.4. The van der Waals surface area contributed by atoms with E-state index in [9.17, 15) is 8.42 Å². The molecule has 7 nitrogen and oxygen atoms in total. The third-order valence-corrected chi connectivity index (χ3v) is 6.88. The van der Waals surface area contributed by atoms with Gasteiger partial charge in [0, 0.05) is 32.4 Å². The number of fused-ring (bicyclic) bond motifs is 1. The molecule has 0 radical (unpaired) electrons. The van der Waals surface area contributed by atoms with E-state index >= 15 is 0 Å². The molecule has 1 aromatic carbocycles. The number of likely N-dealkylation sites (N-methyl/N-ethyl adjacent to an activating group) is 1. The molecule has 4 rings (SSSR count). The van der Waals surface area contributed by atoms with Gasteiger partial charge in [0.2, 0.25) is 10.0 Å². The molecule has 2 aromatic heterocycles. The molecule has 26 heavy (non-hydrogen) atoms. The Labute approximate surface area is 152 Å². The van der Waals surface area contributed by atoms with E-state index in [0.29, 0.717) is 11.4 Å². The van der Waals surface area contributed by atoms with E-state index in [-0.39, 0.29) is 6.04 Å². The van der Waals surface area contributed by atoms with Gasteiger partial charge in [0.1, 0.15) is 17.8 Å². The van der Waals surface area contributed by atoms with Crippen LogP contribution in [0.4, 0.5) is 5.82 Å². The summed E-state index contributed by atoms with van der Waals surface area (Å²) in [5, 5.41) is 0.956. The number of nitrogens with zero attached hydrogens (tertiary/aromatic N) is 4. The summed E-state index contributed by atoms with van der Waals surface area (Å²) in [4.78, 5) is 14.2. The highest BCUT2D eigenvalue weighted by molar-refractivity contribution is 7.89. The summed E-state index contributed by atoms with van der Waals surface area (Å²) in [5.74, 6) is 0.847. The third-order valence-electron chi connectivity index (χ3n) is 4.98. The quantitative estimate of drug-likeness (QED) is 0.760. The Bertz CT molecular complexity index is 1050. The largest absolute Gasteiger partial charge is 0.354 e. The SMILES string of the molecule is Cc1cccc(S(=O)(=O)N(C)[C@@H]2CCN(c3ncnc4[nH]ccc34)C2)c1. The van der Waals surface area contributed by atoms with Crippen molar-refractivity contribution in [2.45, 2.75) is 24.3 Å². The molecule has 1 atom stereocenters. The van der Waals surface area contributed by atoms with Crippen LogP contribution in [0.2, 0.25) is 0 Å². The van der Waals surface area contributed by atoms with E-state index in [2.05, 4.69) is 19.9 Å². The number of aryl methyl sites for hydroxylation is 1. The molecular formula is C18H21N5O2S. The predicted octanol–water partition coefficient (Wildman–Crippen LogP) is 2.17. The average molecular weight is 371 g/mol. The van der Waals surface area contributed by atoms with Crippen molar-refractivity contribution in [1.29, 1.82) is 0 Å². The Morgan fingerprint density at radius 1 is 1.27 bits per heavy atom. The third kappa shape index (κ3) is 2.85. The van der Waals surface area contributed by atoms with Crippen molar-refractivity contribution in [3.8, 4) is 0 Å². The van der Waals surface area contributed by atoms with Gasteiger partial charge in [0.15, 0.2) is 0 Å². The first-order chi connectivity index (χ1) is 12.5. The molecule has 0 unspecified atom stereocenters. The number of H-pyrrole nitrogens is 1. The van der Waals surface area contributed by atoms with E-state index in [1.807, 2.05) is 25.3 Å². The Morgan fingerprint density at radius 2 is 2.12 bits per heavy atom. The van der Waals surface area contributed by atoms with Crippen molar-refractivity contribution in [3.63, 3.8) is 0 Å². The fourth-order valence-corrected chi connectivity index (χ4v) is 4.96. The molecule has 3 aromatic rings. The van der Waals surface area contributed by atoms with Gasteiger partial charge in [0.05, 0.1) is 10.3 Å². The molecule has 0 spiro atoms. The maximum atomic E-state index is 13.0. The fraction of sp³-hybridized carbons (Fsp3) is 0.333. The lowest BCUT2D eigenvalue weighted by molar-refractivity contribution is 0.390. The monoisotopic (exact) mass is 371 g/mol. The number of anilines is 1. The van der Waals surface area contributed by atoms with Gasteiger partial charge in [-0.3, -0.25) is 0 Å². The van der Waals surface area contributed by atoms with E-state index in [4.69, 9.17) is 0 Å². The molecule has 0 bridgehead atoms. The molecule has 0 aliphatic carbocycles. The first kappa shape index (κ1) is 17.0. The number of sulfonamides is 1. The van der Waals surface area contributed by atoms with Crippen molar-refractivity contribution in [2.75, 3.05) is 25.0 Å². The normalized spacial score (nSPS) is 18.1. The van der Waals surface area contributed by atoms with Gasteiger partial charge in [-0.2, -0.15) is 4.31 Å². The molecule has 0 amide bonds. The Hall–Kier alpha value is -2.45. The summed E-state index contributed by atoms with van der Waals surface area (Å²) in [6.07, 6.45) is 4.14.